The molecule has 0 spiro atoms. The molecule has 1 aliphatic heterocycles. The maximum absolute atomic E-state index is 12.8. The number of ether oxygens (including phenoxy) is 1. The number of fused-ring (bicyclic) bond motifs is 1. The van der Waals surface area contributed by atoms with Gasteiger partial charge in [0, 0.05) is 38.2 Å². The van der Waals surface area contributed by atoms with Crippen LogP contribution in [0.4, 0.5) is 11.6 Å². The highest BCUT2D eigenvalue weighted by molar-refractivity contribution is 7.90. The molecule has 1 aromatic carbocycles. The molecule has 0 atom stereocenters. The fourth-order valence-electron chi connectivity index (χ4n) is 3.60. The lowest BCUT2D eigenvalue weighted by Crippen LogP contribution is -2.30. The summed E-state index contributed by atoms with van der Waals surface area (Å²) < 4.78 is 32.2. The average molecular weight is 417 g/mol. The van der Waals surface area contributed by atoms with Crippen molar-refractivity contribution < 1.29 is 13.2 Å². The Labute approximate surface area is 168 Å². The predicted molar refractivity (Wildman–Crippen MR) is 109 cm³/mol. The Balaban J connectivity index is 1.73. The van der Waals surface area contributed by atoms with Crippen LogP contribution in [0.25, 0.3) is 11.2 Å². The first kappa shape index (κ1) is 19.6. The van der Waals surface area contributed by atoms with E-state index in [9.17, 15) is 13.2 Å². The molecule has 3 heterocycles. The second kappa shape index (κ2) is 7.27. The van der Waals surface area contributed by atoms with Crippen molar-refractivity contribution in [1.29, 1.82) is 0 Å². The maximum atomic E-state index is 12.8. The second-order valence-corrected chi connectivity index (χ2v) is 9.35. The van der Waals surface area contributed by atoms with Crippen molar-refractivity contribution in [2.45, 2.75) is 30.7 Å². The Morgan fingerprint density at radius 2 is 1.97 bits per heavy atom. The van der Waals surface area contributed by atoms with Crippen LogP contribution in [0, 0.1) is 6.92 Å². The summed E-state index contributed by atoms with van der Waals surface area (Å²) in [4.78, 5) is 22.0. The highest BCUT2D eigenvalue weighted by Crippen LogP contribution is 2.25. The van der Waals surface area contributed by atoms with E-state index in [2.05, 4.69) is 15.3 Å². The lowest BCUT2D eigenvalue weighted by molar-refractivity contribution is 0.0695. The summed E-state index contributed by atoms with van der Waals surface area (Å²) in [6.07, 6.45) is 4.33. The first-order valence-electron chi connectivity index (χ1n) is 9.35. The van der Waals surface area contributed by atoms with Gasteiger partial charge in [0.05, 0.1) is 11.1 Å². The highest BCUT2D eigenvalue weighted by atomic mass is 32.2. The van der Waals surface area contributed by atoms with Gasteiger partial charge in [0.25, 0.3) is 0 Å². The zero-order valence-electron chi connectivity index (χ0n) is 16.5. The molecule has 0 saturated carbocycles. The molecule has 2 aromatic heterocycles. The Morgan fingerprint density at radius 3 is 2.62 bits per heavy atom. The SMILES string of the molecule is Cc1cc(S(C)(=O)=O)ccc1Nc1ncc2c(n1)n(C1CCOCC1)c(=O)n2C. The standard InChI is InChI=1S/C19H23N5O4S/c1-12-10-14(29(3,26)27)4-5-15(12)21-18-20-11-16-17(22-18)24(19(25)23(16)2)13-6-8-28-9-7-13/h4-5,10-11,13H,6-9H2,1-3H3,(H,20,21,22). The minimum Gasteiger partial charge on any atom is -0.381 e. The van der Waals surface area contributed by atoms with Crippen LogP contribution < -0.4 is 11.0 Å². The van der Waals surface area contributed by atoms with Crippen molar-refractivity contribution in [2.75, 3.05) is 24.8 Å². The molecule has 29 heavy (non-hydrogen) atoms. The van der Waals surface area contributed by atoms with Gasteiger partial charge >= 0.3 is 5.69 Å². The largest absolute Gasteiger partial charge is 0.381 e. The zero-order chi connectivity index (χ0) is 20.8. The Bertz CT molecular complexity index is 1240. The van der Waals surface area contributed by atoms with Crippen LogP contribution in [-0.4, -0.2) is 47.0 Å². The third kappa shape index (κ3) is 3.65. The van der Waals surface area contributed by atoms with E-state index in [0.717, 1.165) is 18.4 Å². The molecule has 3 aromatic rings. The van der Waals surface area contributed by atoms with Gasteiger partial charge in [-0.2, -0.15) is 4.98 Å². The van der Waals surface area contributed by atoms with Gasteiger partial charge in [0.2, 0.25) is 5.95 Å². The predicted octanol–water partition coefficient (Wildman–Crippen LogP) is 1.94. The van der Waals surface area contributed by atoms with Gasteiger partial charge < -0.3 is 10.1 Å². The van der Waals surface area contributed by atoms with Crippen LogP contribution in [0.1, 0.15) is 24.4 Å². The normalized spacial score (nSPS) is 15.7. The number of nitrogens with one attached hydrogen (secondary N) is 1. The van der Waals surface area contributed by atoms with E-state index in [4.69, 9.17) is 4.74 Å². The molecule has 0 radical (unpaired) electrons. The van der Waals surface area contributed by atoms with E-state index in [1.54, 1.807) is 40.6 Å². The molecule has 154 valence electrons. The Kier molecular flexibility index (Phi) is 4.91. The van der Waals surface area contributed by atoms with Crippen LogP contribution >= 0.6 is 0 Å². The maximum Gasteiger partial charge on any atom is 0.330 e. The van der Waals surface area contributed by atoms with Crippen LogP contribution in [0.3, 0.4) is 0 Å². The molecule has 0 amide bonds. The summed E-state index contributed by atoms with van der Waals surface area (Å²) in [5.74, 6) is 0.346. The molecule has 0 unspecified atom stereocenters. The molecule has 1 fully saturated rings. The summed E-state index contributed by atoms with van der Waals surface area (Å²) in [5.41, 5.74) is 2.58. The summed E-state index contributed by atoms with van der Waals surface area (Å²) >= 11 is 0. The Hall–Kier alpha value is -2.72. The smallest absolute Gasteiger partial charge is 0.330 e. The van der Waals surface area contributed by atoms with E-state index in [-0.39, 0.29) is 16.6 Å². The number of imidazole rings is 1. The quantitative estimate of drug-likeness (QED) is 0.691. The molecule has 10 heteroatoms. The average Bonchev–Trinajstić information content (AvgIpc) is 2.93. The summed E-state index contributed by atoms with van der Waals surface area (Å²) in [7, 11) is -1.56. The number of rotatable bonds is 4. The monoisotopic (exact) mass is 417 g/mol. The minimum atomic E-state index is -3.27. The molecule has 1 N–H and O–H groups in total. The molecule has 1 aliphatic rings. The summed E-state index contributed by atoms with van der Waals surface area (Å²) in [6, 6.07) is 4.88. The fourth-order valence-corrected chi connectivity index (χ4v) is 4.30. The van der Waals surface area contributed by atoms with Gasteiger partial charge in [-0.15, -0.1) is 0 Å². The first-order chi connectivity index (χ1) is 13.8. The number of nitrogens with zero attached hydrogens (tertiary/aromatic N) is 4. The molecule has 0 bridgehead atoms. The molecule has 1 saturated heterocycles. The summed E-state index contributed by atoms with van der Waals surface area (Å²) in [5, 5.41) is 3.14. The van der Waals surface area contributed by atoms with Crippen LogP contribution in [0.2, 0.25) is 0 Å². The second-order valence-electron chi connectivity index (χ2n) is 7.33. The van der Waals surface area contributed by atoms with Crippen molar-refractivity contribution in [3.63, 3.8) is 0 Å². The van der Waals surface area contributed by atoms with Gasteiger partial charge in [-0.05, 0) is 43.5 Å². The third-order valence-electron chi connectivity index (χ3n) is 5.26. The van der Waals surface area contributed by atoms with E-state index < -0.39 is 9.84 Å². The van der Waals surface area contributed by atoms with Gasteiger partial charge in [-0.3, -0.25) is 9.13 Å². The van der Waals surface area contributed by atoms with Gasteiger partial charge in [-0.1, -0.05) is 0 Å². The number of aromatic nitrogens is 4. The van der Waals surface area contributed by atoms with Crippen molar-refractivity contribution in [2.24, 2.45) is 7.05 Å². The van der Waals surface area contributed by atoms with E-state index in [0.29, 0.717) is 36.0 Å². The van der Waals surface area contributed by atoms with E-state index in [1.165, 1.54) is 6.26 Å². The molecular formula is C19H23N5O4S. The number of hydrogen-bond acceptors (Lipinski definition) is 7. The van der Waals surface area contributed by atoms with Crippen LogP contribution in [0.15, 0.2) is 34.1 Å². The number of anilines is 2. The van der Waals surface area contributed by atoms with Crippen LogP contribution in [0.5, 0.6) is 0 Å². The third-order valence-corrected chi connectivity index (χ3v) is 6.37. The van der Waals surface area contributed by atoms with Crippen molar-refractivity contribution in [1.82, 2.24) is 19.1 Å². The minimum absolute atomic E-state index is 0.0403. The van der Waals surface area contributed by atoms with E-state index in [1.807, 2.05) is 6.92 Å². The van der Waals surface area contributed by atoms with E-state index >= 15 is 0 Å². The van der Waals surface area contributed by atoms with Crippen LogP contribution in [-0.2, 0) is 21.6 Å². The van der Waals surface area contributed by atoms with Gasteiger partial charge in [0.1, 0.15) is 5.52 Å². The van der Waals surface area contributed by atoms with Crippen molar-refractivity contribution in [3.8, 4) is 0 Å². The summed E-state index contributed by atoms with van der Waals surface area (Å²) in [6.45, 7) is 3.06. The number of aryl methyl sites for hydroxylation is 2. The van der Waals surface area contributed by atoms with Crippen molar-refractivity contribution >= 4 is 32.6 Å². The zero-order valence-corrected chi connectivity index (χ0v) is 17.4. The number of benzene rings is 1. The molecule has 9 nitrogen and oxygen atoms in total. The molecular weight excluding hydrogens is 394 g/mol. The number of hydrogen-bond donors (Lipinski definition) is 1. The topological polar surface area (TPSA) is 108 Å². The highest BCUT2D eigenvalue weighted by Gasteiger charge is 2.23. The Morgan fingerprint density at radius 1 is 1.24 bits per heavy atom. The molecule has 0 aliphatic carbocycles. The number of sulfone groups is 1. The first-order valence-corrected chi connectivity index (χ1v) is 11.2. The van der Waals surface area contributed by atoms with Gasteiger partial charge in [-0.25, -0.2) is 18.2 Å². The lowest BCUT2D eigenvalue weighted by Gasteiger charge is -2.22. The molecule has 4 rings (SSSR count). The lowest BCUT2D eigenvalue weighted by atomic mass is 10.1. The van der Waals surface area contributed by atoms with Gasteiger partial charge in [0.15, 0.2) is 15.5 Å². The fraction of sp³-hybridized carbons (Fsp3) is 0.421. The van der Waals surface area contributed by atoms with Crippen molar-refractivity contribution in [3.05, 3.63) is 40.4 Å².